The molecular weight excluding hydrogens is 354 g/mol. The topological polar surface area (TPSA) is 86.5 Å². The van der Waals surface area contributed by atoms with Crippen molar-refractivity contribution in [3.8, 4) is 11.5 Å². The Morgan fingerprint density at radius 2 is 2.00 bits per heavy atom. The maximum absolute atomic E-state index is 12.7. The van der Waals surface area contributed by atoms with Gasteiger partial charge in [-0.1, -0.05) is 18.7 Å². The Labute approximate surface area is 155 Å². The molecule has 0 aliphatic carbocycles. The first kappa shape index (κ1) is 18.1. The van der Waals surface area contributed by atoms with Crippen molar-refractivity contribution in [1.29, 1.82) is 0 Å². The van der Waals surface area contributed by atoms with E-state index in [4.69, 9.17) is 13.9 Å². The normalized spacial score (nSPS) is 12.0. The van der Waals surface area contributed by atoms with Gasteiger partial charge in [0, 0.05) is 30.1 Å². The Bertz CT molecular complexity index is 857. The molecule has 0 saturated carbocycles. The molecule has 8 heteroatoms. The lowest BCUT2D eigenvalue weighted by atomic mass is 10.2. The van der Waals surface area contributed by atoms with Gasteiger partial charge in [-0.15, -0.1) is 0 Å². The molecule has 136 valence electrons. The Morgan fingerprint density at radius 1 is 1.27 bits per heavy atom. The number of methoxy groups -OCH3 is 2. The summed E-state index contributed by atoms with van der Waals surface area (Å²) in [5.41, 5.74) is 1.73. The van der Waals surface area contributed by atoms with Crippen LogP contribution in [0.25, 0.3) is 11.2 Å². The quantitative estimate of drug-likeness (QED) is 0.631. The molecule has 3 aromatic rings. The first-order valence-electron chi connectivity index (χ1n) is 8.05. The largest absolute Gasteiger partial charge is 0.497 e. The second-order valence-corrected chi connectivity index (χ2v) is 6.56. The van der Waals surface area contributed by atoms with Crippen LogP contribution in [-0.2, 0) is 4.79 Å². The zero-order valence-electron chi connectivity index (χ0n) is 14.7. The van der Waals surface area contributed by atoms with Gasteiger partial charge in [-0.25, -0.2) is 4.98 Å². The maximum atomic E-state index is 12.7. The van der Waals surface area contributed by atoms with Gasteiger partial charge in [-0.05, 0) is 18.6 Å². The number of nitrogens with one attached hydrogen (secondary N) is 1. The third-order valence-corrected chi connectivity index (χ3v) is 4.88. The summed E-state index contributed by atoms with van der Waals surface area (Å²) in [4.78, 5) is 21.1. The Hall–Kier alpha value is -2.74. The van der Waals surface area contributed by atoms with Crippen molar-refractivity contribution in [2.24, 2.45) is 0 Å². The molecule has 0 fully saturated rings. The number of pyridine rings is 1. The number of nitrogens with zero attached hydrogens (tertiary/aromatic N) is 2. The fourth-order valence-corrected chi connectivity index (χ4v) is 3.20. The van der Waals surface area contributed by atoms with E-state index in [0.717, 1.165) is 0 Å². The fourth-order valence-electron chi connectivity index (χ4n) is 2.35. The molecule has 0 aliphatic rings. The van der Waals surface area contributed by atoms with Crippen LogP contribution in [0.3, 0.4) is 0 Å². The van der Waals surface area contributed by atoms with E-state index in [1.54, 1.807) is 50.7 Å². The minimum Gasteiger partial charge on any atom is -0.497 e. The Morgan fingerprint density at radius 3 is 2.62 bits per heavy atom. The van der Waals surface area contributed by atoms with Gasteiger partial charge in [0.05, 0.1) is 19.5 Å². The average molecular weight is 373 g/mol. The highest BCUT2D eigenvalue weighted by Crippen LogP contribution is 2.30. The van der Waals surface area contributed by atoms with E-state index in [-0.39, 0.29) is 11.2 Å². The molecule has 1 N–H and O–H groups in total. The first-order valence-corrected chi connectivity index (χ1v) is 8.93. The molecule has 0 bridgehead atoms. The predicted octanol–water partition coefficient (Wildman–Crippen LogP) is 3.75. The lowest BCUT2D eigenvalue weighted by molar-refractivity contribution is -0.115. The minimum atomic E-state index is -0.361. The standard InChI is InChI=1S/C18H19N3O4S/c1-4-15(26-18-21-16-14(25-18)6-5-7-19-16)17(22)20-11-8-12(23-2)10-13(9-11)24-3/h5-10,15H,4H2,1-3H3,(H,20,22)/t15-/m1/s1. The number of fused-ring (bicyclic) bond motifs is 1. The maximum Gasteiger partial charge on any atom is 0.259 e. The molecule has 0 saturated heterocycles. The molecule has 1 atom stereocenters. The predicted molar refractivity (Wildman–Crippen MR) is 99.9 cm³/mol. The fraction of sp³-hybridized carbons (Fsp3) is 0.278. The lowest BCUT2D eigenvalue weighted by Crippen LogP contribution is -2.24. The molecule has 0 radical (unpaired) electrons. The number of aromatic nitrogens is 2. The molecule has 3 rings (SSSR count). The summed E-state index contributed by atoms with van der Waals surface area (Å²) in [7, 11) is 3.12. The van der Waals surface area contributed by atoms with Gasteiger partial charge in [0.1, 0.15) is 11.5 Å². The molecule has 0 unspecified atom stereocenters. The molecular formula is C18H19N3O4S. The van der Waals surface area contributed by atoms with Crippen molar-refractivity contribution in [3.63, 3.8) is 0 Å². The Balaban J connectivity index is 1.74. The number of carbonyl (C=O) groups is 1. The number of amides is 1. The average Bonchev–Trinajstić information content (AvgIpc) is 3.08. The second-order valence-electron chi connectivity index (χ2n) is 5.41. The van der Waals surface area contributed by atoms with Crippen LogP contribution in [0, 0.1) is 0 Å². The summed E-state index contributed by atoms with van der Waals surface area (Å²) >= 11 is 1.27. The molecule has 0 spiro atoms. The Kier molecular flexibility index (Phi) is 5.62. The van der Waals surface area contributed by atoms with Gasteiger partial charge in [0.15, 0.2) is 11.2 Å². The molecule has 1 amide bonds. The van der Waals surface area contributed by atoms with Crippen LogP contribution in [0.4, 0.5) is 5.69 Å². The van der Waals surface area contributed by atoms with Crippen LogP contribution >= 0.6 is 11.8 Å². The number of ether oxygens (including phenoxy) is 2. The third-order valence-electron chi connectivity index (χ3n) is 3.67. The van der Waals surface area contributed by atoms with Crippen molar-refractivity contribution in [2.45, 2.75) is 23.8 Å². The van der Waals surface area contributed by atoms with Crippen LogP contribution in [-0.4, -0.2) is 35.3 Å². The highest BCUT2D eigenvalue weighted by atomic mass is 32.2. The highest BCUT2D eigenvalue weighted by Gasteiger charge is 2.22. The number of oxazole rings is 1. The smallest absolute Gasteiger partial charge is 0.259 e. The molecule has 2 heterocycles. The first-order chi connectivity index (χ1) is 12.6. The zero-order chi connectivity index (χ0) is 18.5. The van der Waals surface area contributed by atoms with Crippen LogP contribution in [0.5, 0.6) is 11.5 Å². The van der Waals surface area contributed by atoms with Gasteiger partial charge in [0.2, 0.25) is 5.91 Å². The van der Waals surface area contributed by atoms with Gasteiger partial charge < -0.3 is 19.2 Å². The zero-order valence-corrected chi connectivity index (χ0v) is 15.5. The number of carbonyl (C=O) groups excluding carboxylic acids is 1. The van der Waals surface area contributed by atoms with E-state index in [0.29, 0.717) is 40.1 Å². The van der Waals surface area contributed by atoms with E-state index >= 15 is 0 Å². The molecule has 2 aromatic heterocycles. The second kappa shape index (κ2) is 8.09. The van der Waals surface area contributed by atoms with Crippen molar-refractivity contribution in [2.75, 3.05) is 19.5 Å². The van der Waals surface area contributed by atoms with Gasteiger partial charge >= 0.3 is 0 Å². The van der Waals surface area contributed by atoms with Crippen molar-refractivity contribution < 1.29 is 18.7 Å². The van der Waals surface area contributed by atoms with Crippen LogP contribution in [0.2, 0.25) is 0 Å². The van der Waals surface area contributed by atoms with E-state index in [2.05, 4.69) is 15.3 Å². The number of thioether (sulfide) groups is 1. The summed E-state index contributed by atoms with van der Waals surface area (Å²) in [6.07, 6.45) is 2.27. The van der Waals surface area contributed by atoms with E-state index in [1.807, 2.05) is 6.92 Å². The van der Waals surface area contributed by atoms with Crippen LogP contribution < -0.4 is 14.8 Å². The number of anilines is 1. The van der Waals surface area contributed by atoms with Gasteiger partial charge in [0.25, 0.3) is 5.22 Å². The minimum absolute atomic E-state index is 0.150. The van der Waals surface area contributed by atoms with Gasteiger partial charge in [-0.2, -0.15) is 4.98 Å². The molecule has 26 heavy (non-hydrogen) atoms. The highest BCUT2D eigenvalue weighted by molar-refractivity contribution is 8.00. The summed E-state index contributed by atoms with van der Waals surface area (Å²) in [5.74, 6) is 1.05. The van der Waals surface area contributed by atoms with Crippen molar-refractivity contribution >= 4 is 34.6 Å². The van der Waals surface area contributed by atoms with E-state index in [1.165, 1.54) is 11.8 Å². The SMILES string of the molecule is CC[C@@H](Sc1nc2ncccc2o1)C(=O)Nc1cc(OC)cc(OC)c1. The third kappa shape index (κ3) is 4.08. The lowest BCUT2D eigenvalue weighted by Gasteiger charge is -2.14. The van der Waals surface area contributed by atoms with Crippen LogP contribution in [0.1, 0.15) is 13.3 Å². The molecule has 7 nitrogen and oxygen atoms in total. The van der Waals surface area contributed by atoms with Gasteiger partial charge in [-0.3, -0.25) is 4.79 Å². The summed E-state index contributed by atoms with van der Waals surface area (Å²) in [6.45, 7) is 1.93. The summed E-state index contributed by atoms with van der Waals surface area (Å²) in [5, 5.41) is 2.95. The van der Waals surface area contributed by atoms with Crippen molar-refractivity contribution in [1.82, 2.24) is 9.97 Å². The monoisotopic (exact) mass is 373 g/mol. The molecule has 1 aromatic carbocycles. The van der Waals surface area contributed by atoms with Crippen molar-refractivity contribution in [3.05, 3.63) is 36.5 Å². The molecule has 0 aliphatic heterocycles. The number of rotatable bonds is 7. The number of hydrogen-bond donors (Lipinski definition) is 1. The number of benzene rings is 1. The van der Waals surface area contributed by atoms with Crippen LogP contribution in [0.15, 0.2) is 46.2 Å². The van der Waals surface area contributed by atoms with E-state index in [9.17, 15) is 4.79 Å². The van der Waals surface area contributed by atoms with E-state index < -0.39 is 0 Å². The number of hydrogen-bond acceptors (Lipinski definition) is 7. The summed E-state index contributed by atoms with van der Waals surface area (Å²) in [6, 6.07) is 8.79. The summed E-state index contributed by atoms with van der Waals surface area (Å²) < 4.78 is 16.1.